The maximum Gasteiger partial charge on any atom is 0.398 e. The zero-order valence-corrected chi connectivity index (χ0v) is 9.57. The van der Waals surface area contributed by atoms with Gasteiger partial charge in [0.15, 0.2) is 0 Å². The lowest BCUT2D eigenvalue weighted by Crippen LogP contribution is -2.45. The Hall–Kier alpha value is -0.490. The highest BCUT2D eigenvalue weighted by Crippen LogP contribution is 2.45. The van der Waals surface area contributed by atoms with Gasteiger partial charge in [0.1, 0.15) is 11.3 Å². The molecule has 1 aliphatic heterocycles. The highest BCUT2D eigenvalue weighted by molar-refractivity contribution is 6.27. The van der Waals surface area contributed by atoms with Crippen LogP contribution in [0, 0.1) is 5.41 Å². The first-order valence-corrected chi connectivity index (χ1v) is 5.29. The number of hydrogen-bond acceptors (Lipinski definition) is 2. The second kappa shape index (κ2) is 4.79. The van der Waals surface area contributed by atoms with Crippen LogP contribution in [0.3, 0.4) is 0 Å². The Balaban J connectivity index is 2.80. The summed E-state index contributed by atoms with van der Waals surface area (Å²) in [6.45, 7) is -0.715. The molecule has 0 aromatic carbocycles. The molecule has 1 amide bonds. The van der Waals surface area contributed by atoms with Crippen LogP contribution in [0.5, 0.6) is 0 Å². The molecule has 1 aliphatic rings. The molecule has 1 saturated heterocycles. The van der Waals surface area contributed by atoms with Crippen molar-refractivity contribution in [1.82, 2.24) is 4.90 Å². The molecule has 94 valence electrons. The van der Waals surface area contributed by atoms with Crippen molar-refractivity contribution in [3.05, 3.63) is 0 Å². The van der Waals surface area contributed by atoms with Gasteiger partial charge in [-0.05, 0) is 6.42 Å². The SMILES string of the molecule is COC[C@@]1(C(F)(F)F)CCN(C(=O)CCl)C1. The first-order chi connectivity index (χ1) is 7.36. The van der Waals surface area contributed by atoms with Gasteiger partial charge >= 0.3 is 6.18 Å². The van der Waals surface area contributed by atoms with E-state index in [9.17, 15) is 18.0 Å². The molecule has 0 aromatic rings. The number of carbonyl (C=O) groups excluding carboxylic acids is 1. The van der Waals surface area contributed by atoms with Gasteiger partial charge in [0.2, 0.25) is 5.91 Å². The van der Waals surface area contributed by atoms with E-state index in [1.807, 2.05) is 0 Å². The minimum Gasteiger partial charge on any atom is -0.384 e. The summed E-state index contributed by atoms with van der Waals surface area (Å²) in [7, 11) is 1.22. The number of alkyl halides is 4. The third-order valence-corrected chi connectivity index (χ3v) is 3.07. The zero-order chi connectivity index (χ0) is 12.4. The summed E-state index contributed by atoms with van der Waals surface area (Å²) in [5, 5.41) is 0. The fourth-order valence-electron chi connectivity index (χ4n) is 1.88. The van der Waals surface area contributed by atoms with Crippen LogP contribution in [-0.2, 0) is 9.53 Å². The van der Waals surface area contributed by atoms with Crippen LogP contribution in [0.4, 0.5) is 13.2 Å². The molecule has 1 fully saturated rings. The Kier molecular flexibility index (Phi) is 4.07. The molecule has 0 bridgehead atoms. The minimum atomic E-state index is -4.37. The monoisotopic (exact) mass is 259 g/mol. The van der Waals surface area contributed by atoms with Crippen LogP contribution in [0.25, 0.3) is 0 Å². The zero-order valence-electron chi connectivity index (χ0n) is 8.81. The lowest BCUT2D eigenvalue weighted by Gasteiger charge is -2.30. The quantitative estimate of drug-likeness (QED) is 0.722. The van der Waals surface area contributed by atoms with E-state index in [1.165, 1.54) is 7.11 Å². The molecule has 1 rings (SSSR count). The second-order valence-electron chi connectivity index (χ2n) is 3.91. The Labute approximate surface area is 96.5 Å². The first-order valence-electron chi connectivity index (χ1n) is 4.76. The van der Waals surface area contributed by atoms with Crippen molar-refractivity contribution in [2.45, 2.75) is 12.6 Å². The van der Waals surface area contributed by atoms with E-state index in [4.69, 9.17) is 11.6 Å². The molecule has 0 unspecified atom stereocenters. The van der Waals surface area contributed by atoms with Crippen LogP contribution in [0.15, 0.2) is 0 Å². The second-order valence-corrected chi connectivity index (χ2v) is 4.18. The minimum absolute atomic E-state index is 0.0778. The Morgan fingerprint density at radius 3 is 2.62 bits per heavy atom. The number of hydrogen-bond donors (Lipinski definition) is 0. The van der Waals surface area contributed by atoms with Crippen molar-refractivity contribution in [3.8, 4) is 0 Å². The predicted molar refractivity (Wildman–Crippen MR) is 52.3 cm³/mol. The summed E-state index contributed by atoms with van der Waals surface area (Å²) in [6, 6.07) is 0. The molecule has 0 aliphatic carbocycles. The number of likely N-dealkylation sites (tertiary alicyclic amines) is 1. The number of amides is 1. The maximum atomic E-state index is 12.9. The molecule has 0 aromatic heterocycles. The van der Waals surface area contributed by atoms with E-state index in [1.54, 1.807) is 0 Å². The van der Waals surface area contributed by atoms with E-state index in [2.05, 4.69) is 4.74 Å². The fourth-order valence-corrected chi connectivity index (χ4v) is 2.05. The normalized spacial score (nSPS) is 26.2. The summed E-state index contributed by atoms with van der Waals surface area (Å²) in [6.07, 6.45) is -4.50. The maximum absolute atomic E-state index is 12.9. The largest absolute Gasteiger partial charge is 0.398 e. The molecule has 7 heteroatoms. The average Bonchev–Trinajstić information content (AvgIpc) is 2.62. The molecule has 0 spiro atoms. The number of methoxy groups -OCH3 is 1. The van der Waals surface area contributed by atoms with Crippen molar-refractivity contribution in [2.75, 3.05) is 32.7 Å². The summed E-state index contributed by atoms with van der Waals surface area (Å²) in [5.41, 5.74) is -1.94. The molecule has 0 N–H and O–H groups in total. The Morgan fingerprint density at radius 1 is 1.56 bits per heavy atom. The number of carbonyl (C=O) groups is 1. The van der Waals surface area contributed by atoms with Gasteiger partial charge in [-0.2, -0.15) is 13.2 Å². The van der Waals surface area contributed by atoms with Crippen molar-refractivity contribution in [2.24, 2.45) is 5.41 Å². The van der Waals surface area contributed by atoms with Crippen molar-refractivity contribution >= 4 is 17.5 Å². The van der Waals surface area contributed by atoms with Crippen molar-refractivity contribution < 1.29 is 22.7 Å². The van der Waals surface area contributed by atoms with Crippen LogP contribution in [-0.4, -0.2) is 49.7 Å². The molecule has 0 saturated carbocycles. The summed E-state index contributed by atoms with van der Waals surface area (Å²) in [5.74, 6) is -0.759. The molecule has 1 heterocycles. The predicted octanol–water partition coefficient (Wildman–Crippen LogP) is 1.65. The van der Waals surface area contributed by atoms with Gasteiger partial charge in [-0.3, -0.25) is 4.79 Å². The molecule has 1 atom stereocenters. The number of ether oxygens (including phenoxy) is 1. The van der Waals surface area contributed by atoms with Crippen molar-refractivity contribution in [1.29, 1.82) is 0 Å². The van der Waals surface area contributed by atoms with Gasteiger partial charge in [0.25, 0.3) is 0 Å². The van der Waals surface area contributed by atoms with E-state index in [-0.39, 0.29) is 25.4 Å². The van der Waals surface area contributed by atoms with Gasteiger partial charge in [0, 0.05) is 20.2 Å². The molecular formula is C9H13ClF3NO2. The average molecular weight is 260 g/mol. The van der Waals surface area contributed by atoms with Crippen LogP contribution < -0.4 is 0 Å². The van der Waals surface area contributed by atoms with Crippen molar-refractivity contribution in [3.63, 3.8) is 0 Å². The van der Waals surface area contributed by atoms with Gasteiger partial charge < -0.3 is 9.64 Å². The van der Waals surface area contributed by atoms with E-state index < -0.39 is 24.1 Å². The number of halogens is 4. The van der Waals surface area contributed by atoms with Crippen LogP contribution >= 0.6 is 11.6 Å². The highest BCUT2D eigenvalue weighted by atomic mass is 35.5. The Morgan fingerprint density at radius 2 is 2.19 bits per heavy atom. The van der Waals surface area contributed by atoms with Gasteiger partial charge in [-0.25, -0.2) is 0 Å². The van der Waals surface area contributed by atoms with E-state index >= 15 is 0 Å². The van der Waals surface area contributed by atoms with Gasteiger partial charge in [-0.15, -0.1) is 11.6 Å². The summed E-state index contributed by atoms with van der Waals surface area (Å²) < 4.78 is 43.3. The smallest absolute Gasteiger partial charge is 0.384 e. The third kappa shape index (κ3) is 2.43. The fraction of sp³-hybridized carbons (Fsp3) is 0.889. The standard InChI is InChI=1S/C9H13ClF3NO2/c1-16-6-8(9(11,12)13)2-3-14(5-8)7(15)4-10/h2-6H2,1H3/t8-/m1/s1. The van der Waals surface area contributed by atoms with Gasteiger partial charge in [0.05, 0.1) is 6.61 Å². The lowest BCUT2D eigenvalue weighted by molar-refractivity contribution is -0.232. The highest BCUT2D eigenvalue weighted by Gasteiger charge is 2.58. The molecular weight excluding hydrogens is 247 g/mol. The van der Waals surface area contributed by atoms with E-state index in [0.29, 0.717) is 0 Å². The number of nitrogens with zero attached hydrogens (tertiary/aromatic N) is 1. The third-order valence-electron chi connectivity index (χ3n) is 2.84. The molecule has 0 radical (unpaired) electrons. The topological polar surface area (TPSA) is 29.5 Å². The first kappa shape index (κ1) is 13.6. The lowest BCUT2D eigenvalue weighted by atomic mass is 9.87. The van der Waals surface area contributed by atoms with E-state index in [0.717, 1.165) is 4.90 Å². The van der Waals surface area contributed by atoms with Gasteiger partial charge in [-0.1, -0.05) is 0 Å². The summed E-state index contributed by atoms with van der Waals surface area (Å²) in [4.78, 5) is 12.4. The number of rotatable bonds is 3. The molecule has 3 nitrogen and oxygen atoms in total. The van der Waals surface area contributed by atoms with Crippen LogP contribution in [0.2, 0.25) is 0 Å². The summed E-state index contributed by atoms with van der Waals surface area (Å²) >= 11 is 5.31. The van der Waals surface area contributed by atoms with Crippen LogP contribution in [0.1, 0.15) is 6.42 Å². The Bertz CT molecular complexity index is 272. The molecule has 16 heavy (non-hydrogen) atoms.